The van der Waals surface area contributed by atoms with Gasteiger partial charge in [0.1, 0.15) is 0 Å². The molecule has 2 aromatic rings. The van der Waals surface area contributed by atoms with Crippen LogP contribution in [0.15, 0.2) is 36.7 Å². The molecule has 1 unspecified atom stereocenters. The van der Waals surface area contributed by atoms with Gasteiger partial charge in [-0.25, -0.2) is 4.98 Å². The minimum absolute atomic E-state index is 0.480. The number of aryl methyl sites for hydroxylation is 2. The van der Waals surface area contributed by atoms with Gasteiger partial charge in [0.15, 0.2) is 0 Å². The number of aliphatic hydroxyl groups excluding tert-OH is 1. The number of H-pyrrole nitrogens is 1. The lowest BCUT2D eigenvalue weighted by Crippen LogP contribution is -2.01. The molecule has 0 bridgehead atoms. The van der Waals surface area contributed by atoms with Crippen molar-refractivity contribution in [2.24, 2.45) is 0 Å². The maximum atomic E-state index is 9.97. The fraction of sp³-hybridized carbons (Fsp3) is 0.308. The van der Waals surface area contributed by atoms with Crippen molar-refractivity contribution in [2.75, 3.05) is 0 Å². The predicted octanol–water partition coefficient (Wildman–Crippen LogP) is 2.38. The molecular weight excluding hydrogens is 200 g/mol. The van der Waals surface area contributed by atoms with E-state index in [1.54, 1.807) is 6.33 Å². The largest absolute Gasteiger partial charge is 0.387 e. The van der Waals surface area contributed by atoms with E-state index in [2.05, 4.69) is 22.1 Å². The molecule has 0 spiro atoms. The van der Waals surface area contributed by atoms with Crippen molar-refractivity contribution in [1.29, 1.82) is 0 Å². The van der Waals surface area contributed by atoms with Crippen LogP contribution in [0.5, 0.6) is 0 Å². The van der Waals surface area contributed by atoms with Gasteiger partial charge in [0.05, 0.1) is 18.1 Å². The van der Waals surface area contributed by atoms with Gasteiger partial charge in [0.2, 0.25) is 0 Å². The Hall–Kier alpha value is -1.61. The summed E-state index contributed by atoms with van der Waals surface area (Å²) >= 11 is 0. The number of benzene rings is 1. The molecule has 0 aliphatic rings. The number of rotatable bonds is 4. The number of imidazole rings is 1. The fourth-order valence-electron chi connectivity index (χ4n) is 1.79. The molecule has 3 nitrogen and oxygen atoms in total. The van der Waals surface area contributed by atoms with Crippen LogP contribution < -0.4 is 0 Å². The van der Waals surface area contributed by atoms with Crippen LogP contribution in [0, 0.1) is 6.92 Å². The summed E-state index contributed by atoms with van der Waals surface area (Å²) in [6, 6.07) is 10.2. The van der Waals surface area contributed by atoms with Crippen LogP contribution in [-0.2, 0) is 6.42 Å². The van der Waals surface area contributed by atoms with Gasteiger partial charge >= 0.3 is 0 Å². The van der Waals surface area contributed by atoms with Crippen LogP contribution in [0.4, 0.5) is 0 Å². The van der Waals surface area contributed by atoms with Crippen LogP contribution in [0.3, 0.4) is 0 Å². The molecule has 3 heteroatoms. The van der Waals surface area contributed by atoms with Crippen LogP contribution in [-0.4, -0.2) is 15.1 Å². The summed E-state index contributed by atoms with van der Waals surface area (Å²) in [5, 5.41) is 9.97. The lowest BCUT2D eigenvalue weighted by Gasteiger charge is -2.08. The Morgan fingerprint density at radius 3 is 2.69 bits per heavy atom. The third-order valence-electron chi connectivity index (χ3n) is 2.73. The van der Waals surface area contributed by atoms with Crippen molar-refractivity contribution in [3.8, 4) is 0 Å². The highest BCUT2D eigenvalue weighted by Crippen LogP contribution is 2.19. The molecule has 0 radical (unpaired) electrons. The molecule has 0 fully saturated rings. The third-order valence-corrected chi connectivity index (χ3v) is 2.73. The van der Waals surface area contributed by atoms with Gasteiger partial charge in [-0.3, -0.25) is 0 Å². The predicted molar refractivity (Wildman–Crippen MR) is 63.0 cm³/mol. The summed E-state index contributed by atoms with van der Waals surface area (Å²) in [6.07, 6.45) is 2.71. The topological polar surface area (TPSA) is 48.9 Å². The molecule has 2 N–H and O–H groups in total. The van der Waals surface area contributed by atoms with E-state index in [1.165, 1.54) is 5.56 Å². The number of aromatic nitrogens is 2. The van der Waals surface area contributed by atoms with Crippen LogP contribution >= 0.6 is 0 Å². The normalized spacial score (nSPS) is 12.6. The second-order valence-electron chi connectivity index (χ2n) is 3.95. The van der Waals surface area contributed by atoms with E-state index in [0.29, 0.717) is 6.42 Å². The van der Waals surface area contributed by atoms with E-state index in [9.17, 15) is 5.11 Å². The second kappa shape index (κ2) is 4.94. The van der Waals surface area contributed by atoms with Crippen molar-refractivity contribution in [2.45, 2.75) is 25.9 Å². The second-order valence-corrected chi connectivity index (χ2v) is 3.95. The van der Waals surface area contributed by atoms with E-state index in [0.717, 1.165) is 17.8 Å². The summed E-state index contributed by atoms with van der Waals surface area (Å²) < 4.78 is 0. The maximum Gasteiger partial charge on any atom is 0.0981 e. The summed E-state index contributed by atoms with van der Waals surface area (Å²) in [4.78, 5) is 7.10. The molecule has 0 saturated heterocycles. The first-order valence-corrected chi connectivity index (χ1v) is 5.49. The molecule has 1 aromatic heterocycles. The maximum absolute atomic E-state index is 9.97. The highest BCUT2D eigenvalue weighted by molar-refractivity contribution is 5.16. The van der Waals surface area contributed by atoms with Crippen molar-refractivity contribution >= 4 is 0 Å². The lowest BCUT2D eigenvalue weighted by molar-refractivity contribution is 0.163. The SMILES string of the molecule is Cc1[nH]cnc1C(O)CCc1ccccc1. The van der Waals surface area contributed by atoms with Gasteiger partial charge in [0, 0.05) is 5.69 Å². The van der Waals surface area contributed by atoms with Gasteiger partial charge < -0.3 is 10.1 Å². The molecule has 1 atom stereocenters. The highest BCUT2D eigenvalue weighted by atomic mass is 16.3. The van der Waals surface area contributed by atoms with Crippen molar-refractivity contribution < 1.29 is 5.11 Å². The first-order chi connectivity index (χ1) is 7.77. The average molecular weight is 216 g/mol. The number of aromatic amines is 1. The van der Waals surface area contributed by atoms with Crippen LogP contribution in [0.1, 0.15) is 29.5 Å². The monoisotopic (exact) mass is 216 g/mol. The Labute approximate surface area is 95.2 Å². The molecule has 1 aromatic carbocycles. The lowest BCUT2D eigenvalue weighted by atomic mass is 10.0. The first-order valence-electron chi connectivity index (χ1n) is 5.49. The molecular formula is C13H16N2O. The number of nitrogens with zero attached hydrogens (tertiary/aromatic N) is 1. The van der Waals surface area contributed by atoms with Crippen LogP contribution in [0.25, 0.3) is 0 Å². The van der Waals surface area contributed by atoms with E-state index in [1.807, 2.05) is 25.1 Å². The van der Waals surface area contributed by atoms with E-state index >= 15 is 0 Å². The zero-order valence-electron chi connectivity index (χ0n) is 9.35. The van der Waals surface area contributed by atoms with Crippen molar-refractivity contribution in [3.05, 3.63) is 53.6 Å². The molecule has 0 aliphatic carbocycles. The van der Waals surface area contributed by atoms with Crippen molar-refractivity contribution in [1.82, 2.24) is 9.97 Å². The van der Waals surface area contributed by atoms with Gasteiger partial charge in [-0.2, -0.15) is 0 Å². The number of hydrogen-bond donors (Lipinski definition) is 2. The first kappa shape index (κ1) is 10.9. The Morgan fingerprint density at radius 2 is 2.06 bits per heavy atom. The number of nitrogens with one attached hydrogen (secondary N) is 1. The summed E-state index contributed by atoms with van der Waals surface area (Å²) in [6.45, 7) is 1.92. The quantitative estimate of drug-likeness (QED) is 0.824. The molecule has 84 valence electrons. The molecule has 16 heavy (non-hydrogen) atoms. The third kappa shape index (κ3) is 2.49. The Bertz CT molecular complexity index is 436. The fourth-order valence-corrected chi connectivity index (χ4v) is 1.79. The number of aliphatic hydroxyl groups is 1. The smallest absolute Gasteiger partial charge is 0.0981 e. The average Bonchev–Trinajstić information content (AvgIpc) is 2.74. The highest BCUT2D eigenvalue weighted by Gasteiger charge is 2.12. The Kier molecular flexibility index (Phi) is 3.37. The minimum atomic E-state index is -0.480. The molecule has 1 heterocycles. The summed E-state index contributed by atoms with van der Waals surface area (Å²) in [5.74, 6) is 0. The standard InChI is InChI=1S/C13H16N2O/c1-10-13(15-9-14-10)12(16)8-7-11-5-3-2-4-6-11/h2-6,9,12,16H,7-8H2,1H3,(H,14,15). The number of hydrogen-bond acceptors (Lipinski definition) is 2. The molecule has 0 saturated carbocycles. The summed E-state index contributed by atoms with van der Waals surface area (Å²) in [5.41, 5.74) is 2.95. The zero-order valence-corrected chi connectivity index (χ0v) is 9.35. The van der Waals surface area contributed by atoms with Gasteiger partial charge in [0.25, 0.3) is 0 Å². The molecule has 2 rings (SSSR count). The minimum Gasteiger partial charge on any atom is -0.387 e. The molecule has 0 aliphatic heterocycles. The van der Waals surface area contributed by atoms with E-state index in [-0.39, 0.29) is 0 Å². The van der Waals surface area contributed by atoms with E-state index < -0.39 is 6.10 Å². The molecule has 0 amide bonds. The van der Waals surface area contributed by atoms with Gasteiger partial charge in [-0.1, -0.05) is 30.3 Å². The van der Waals surface area contributed by atoms with Crippen LogP contribution in [0.2, 0.25) is 0 Å². The van der Waals surface area contributed by atoms with Crippen molar-refractivity contribution in [3.63, 3.8) is 0 Å². The van der Waals surface area contributed by atoms with Gasteiger partial charge in [-0.05, 0) is 25.3 Å². The summed E-state index contributed by atoms with van der Waals surface area (Å²) in [7, 11) is 0. The van der Waals surface area contributed by atoms with Gasteiger partial charge in [-0.15, -0.1) is 0 Å². The Morgan fingerprint density at radius 1 is 1.31 bits per heavy atom. The Balaban J connectivity index is 1.94. The zero-order chi connectivity index (χ0) is 11.4. The van der Waals surface area contributed by atoms with E-state index in [4.69, 9.17) is 0 Å².